The zero-order chi connectivity index (χ0) is 32.8. The van der Waals surface area contributed by atoms with Gasteiger partial charge in [-0.05, 0) is 98.2 Å². The Morgan fingerprint density at radius 2 is 1.58 bits per heavy atom. The molecule has 256 valence electrons. The van der Waals surface area contributed by atoms with Gasteiger partial charge < -0.3 is 45.2 Å². The number of carbonyl (C=O) groups excluding carboxylic acids is 1. The molecule has 0 aromatic carbocycles. The quantitative estimate of drug-likeness (QED) is 0.175. The fraction of sp³-hybridized carbons (Fsp3) is 0.914. The number of ether oxygens (including phenoxy) is 2. The molecule has 0 spiro atoms. The molecule has 0 amide bonds. The van der Waals surface area contributed by atoms with Crippen molar-refractivity contribution >= 4 is 5.97 Å². The van der Waals surface area contributed by atoms with Crippen molar-refractivity contribution in [2.75, 3.05) is 26.4 Å². The second kappa shape index (κ2) is 11.2. The lowest BCUT2D eigenvalue weighted by molar-refractivity contribution is -0.271. The standard InChI is InChI=1S/C35H56O10/c1-30(17-36)11-12-34(29(43)45-28-27(42)26(41)22(39)16-44-28)13-14-35(19-38)20(21(34)15-30)5-6-24-31(2)9-8-25(40)32(3,18-37)23(31)7-10-33(24,35)4/h5,21-28,36-42H,6-19H2,1-4H3/t21-,22+,23-,24+,25-,26-,27+,28-,30+,31-,32-,33+,34-,35-/m0/s1. The average Bonchev–Trinajstić information content (AvgIpc) is 3.02. The number of carbonyl (C=O) groups is 1. The van der Waals surface area contributed by atoms with E-state index in [1.54, 1.807) is 0 Å². The van der Waals surface area contributed by atoms with Crippen molar-refractivity contribution in [3.8, 4) is 0 Å². The van der Waals surface area contributed by atoms with Crippen LogP contribution >= 0.6 is 0 Å². The minimum Gasteiger partial charge on any atom is -0.432 e. The smallest absolute Gasteiger partial charge is 0.315 e. The van der Waals surface area contributed by atoms with E-state index < -0.39 is 58.3 Å². The Balaban J connectivity index is 1.39. The molecule has 7 N–H and O–H groups in total. The number of allylic oxidation sites excluding steroid dienone is 1. The van der Waals surface area contributed by atoms with E-state index in [1.807, 2.05) is 13.8 Å². The van der Waals surface area contributed by atoms with Crippen LogP contribution < -0.4 is 0 Å². The molecular formula is C35H56O10. The first-order valence-corrected chi connectivity index (χ1v) is 17.2. The van der Waals surface area contributed by atoms with Crippen LogP contribution in [0.5, 0.6) is 0 Å². The van der Waals surface area contributed by atoms with Crippen LogP contribution in [0.4, 0.5) is 0 Å². The molecule has 6 aliphatic rings. The van der Waals surface area contributed by atoms with Gasteiger partial charge in [0.2, 0.25) is 6.29 Å². The van der Waals surface area contributed by atoms with Gasteiger partial charge in [0.15, 0.2) is 0 Å². The summed E-state index contributed by atoms with van der Waals surface area (Å²) in [6.45, 7) is 8.32. The van der Waals surface area contributed by atoms with E-state index in [9.17, 15) is 40.5 Å². The summed E-state index contributed by atoms with van der Waals surface area (Å²) >= 11 is 0. The molecule has 4 saturated carbocycles. The molecule has 14 atom stereocenters. The first-order chi connectivity index (χ1) is 21.1. The number of hydrogen-bond donors (Lipinski definition) is 7. The van der Waals surface area contributed by atoms with E-state index in [1.165, 1.54) is 0 Å². The van der Waals surface area contributed by atoms with Crippen molar-refractivity contribution in [1.82, 2.24) is 0 Å². The van der Waals surface area contributed by atoms with Crippen LogP contribution in [-0.4, -0.2) is 98.8 Å². The zero-order valence-electron chi connectivity index (χ0n) is 27.5. The predicted molar refractivity (Wildman–Crippen MR) is 163 cm³/mol. The molecule has 0 aromatic heterocycles. The number of esters is 1. The van der Waals surface area contributed by atoms with Gasteiger partial charge >= 0.3 is 5.97 Å². The zero-order valence-corrected chi connectivity index (χ0v) is 27.5. The molecule has 0 unspecified atom stereocenters. The maximum Gasteiger partial charge on any atom is 0.315 e. The highest BCUT2D eigenvalue weighted by atomic mass is 16.7. The summed E-state index contributed by atoms with van der Waals surface area (Å²) in [6, 6.07) is 0. The van der Waals surface area contributed by atoms with Crippen molar-refractivity contribution in [2.24, 2.45) is 50.2 Å². The highest BCUT2D eigenvalue weighted by Gasteiger charge is 2.71. The van der Waals surface area contributed by atoms with Gasteiger partial charge in [-0.15, -0.1) is 0 Å². The number of aliphatic hydroxyl groups is 7. The summed E-state index contributed by atoms with van der Waals surface area (Å²) in [6.07, 6.45) is 2.60. The SMILES string of the molecule is C[C@@]1(CO)CC[C@]2(C(=O)O[C@@H]3OC[C@@H](O)[C@H](O)[C@H]3O)CC[C@]3(CO)C(=CC[C@@H]4[C@@]5(C)CC[C@H](O)[C@@](C)(CO)[C@H]5CC[C@]43C)[C@@H]2C1. The number of rotatable bonds is 5. The van der Waals surface area contributed by atoms with E-state index in [0.29, 0.717) is 38.5 Å². The van der Waals surface area contributed by atoms with Crippen molar-refractivity contribution in [3.05, 3.63) is 11.6 Å². The van der Waals surface area contributed by atoms with Crippen LogP contribution in [0.1, 0.15) is 91.9 Å². The molecule has 1 heterocycles. The molecule has 45 heavy (non-hydrogen) atoms. The van der Waals surface area contributed by atoms with Gasteiger partial charge in [0.1, 0.15) is 18.3 Å². The number of hydrogen-bond acceptors (Lipinski definition) is 10. The minimum absolute atomic E-state index is 0.0235. The van der Waals surface area contributed by atoms with Gasteiger partial charge in [-0.3, -0.25) is 4.79 Å². The molecule has 0 aromatic rings. The summed E-state index contributed by atoms with van der Waals surface area (Å²) < 4.78 is 11.3. The Morgan fingerprint density at radius 3 is 2.24 bits per heavy atom. The molecule has 0 bridgehead atoms. The summed E-state index contributed by atoms with van der Waals surface area (Å²) in [5, 5.41) is 74.3. The molecule has 10 heteroatoms. The summed E-state index contributed by atoms with van der Waals surface area (Å²) in [4.78, 5) is 14.3. The fourth-order valence-corrected chi connectivity index (χ4v) is 11.9. The highest BCUT2D eigenvalue weighted by molar-refractivity contribution is 5.79. The van der Waals surface area contributed by atoms with Crippen LogP contribution in [0.25, 0.3) is 0 Å². The van der Waals surface area contributed by atoms with Crippen LogP contribution in [0.15, 0.2) is 11.6 Å². The Labute approximate surface area is 266 Å². The van der Waals surface area contributed by atoms with Gasteiger partial charge in [0.25, 0.3) is 0 Å². The summed E-state index contributed by atoms with van der Waals surface area (Å²) in [5.74, 6) is -0.449. The van der Waals surface area contributed by atoms with Crippen LogP contribution in [-0.2, 0) is 14.3 Å². The predicted octanol–water partition coefficient (Wildman–Crippen LogP) is 2.05. The van der Waals surface area contributed by atoms with E-state index >= 15 is 0 Å². The van der Waals surface area contributed by atoms with E-state index in [2.05, 4.69) is 19.9 Å². The Hall–Kier alpha value is -1.11. The third-order valence-corrected chi connectivity index (χ3v) is 15.0. The molecule has 1 saturated heterocycles. The van der Waals surface area contributed by atoms with Gasteiger partial charge in [-0.1, -0.05) is 39.3 Å². The average molecular weight is 637 g/mol. The van der Waals surface area contributed by atoms with Gasteiger partial charge in [0, 0.05) is 17.4 Å². The van der Waals surface area contributed by atoms with Crippen LogP contribution in [0.3, 0.4) is 0 Å². The van der Waals surface area contributed by atoms with Crippen molar-refractivity contribution in [2.45, 2.75) is 123 Å². The van der Waals surface area contributed by atoms with E-state index in [4.69, 9.17) is 9.47 Å². The maximum atomic E-state index is 14.3. The normalized spacial score (nSPS) is 54.5. The topological polar surface area (TPSA) is 177 Å². The second-order valence-corrected chi connectivity index (χ2v) is 17.0. The molecule has 5 fully saturated rings. The lowest BCUT2D eigenvalue weighted by Gasteiger charge is -2.71. The molecule has 6 rings (SSSR count). The molecular weight excluding hydrogens is 580 g/mol. The molecule has 0 radical (unpaired) electrons. The Morgan fingerprint density at radius 1 is 0.867 bits per heavy atom. The van der Waals surface area contributed by atoms with Gasteiger partial charge in [-0.25, -0.2) is 0 Å². The summed E-state index contributed by atoms with van der Waals surface area (Å²) in [5.41, 5.74) is -1.89. The van der Waals surface area contributed by atoms with Crippen molar-refractivity contribution < 1.29 is 50.0 Å². The molecule has 5 aliphatic carbocycles. The lowest BCUT2D eigenvalue weighted by atomic mass is 9.33. The summed E-state index contributed by atoms with van der Waals surface area (Å²) in [7, 11) is 0. The second-order valence-electron chi connectivity index (χ2n) is 17.0. The Bertz CT molecular complexity index is 1190. The third kappa shape index (κ3) is 4.52. The van der Waals surface area contributed by atoms with Crippen LogP contribution in [0.2, 0.25) is 0 Å². The van der Waals surface area contributed by atoms with Crippen LogP contribution in [0, 0.1) is 50.2 Å². The first-order valence-electron chi connectivity index (χ1n) is 17.2. The number of fused-ring (bicyclic) bond motifs is 7. The van der Waals surface area contributed by atoms with E-state index in [-0.39, 0.29) is 55.0 Å². The highest BCUT2D eigenvalue weighted by Crippen LogP contribution is 2.75. The molecule has 1 aliphatic heterocycles. The largest absolute Gasteiger partial charge is 0.432 e. The lowest BCUT2D eigenvalue weighted by Crippen LogP contribution is -2.67. The van der Waals surface area contributed by atoms with E-state index in [0.717, 1.165) is 31.3 Å². The molecule has 10 nitrogen and oxygen atoms in total. The van der Waals surface area contributed by atoms with Crippen molar-refractivity contribution in [1.29, 1.82) is 0 Å². The Kier molecular flexibility index (Phi) is 8.42. The third-order valence-electron chi connectivity index (χ3n) is 15.0. The fourth-order valence-electron chi connectivity index (χ4n) is 11.9. The van der Waals surface area contributed by atoms with Gasteiger partial charge in [0.05, 0.1) is 31.3 Å². The van der Waals surface area contributed by atoms with Crippen molar-refractivity contribution in [3.63, 3.8) is 0 Å². The minimum atomic E-state index is -1.58. The monoisotopic (exact) mass is 636 g/mol. The van der Waals surface area contributed by atoms with Gasteiger partial charge in [-0.2, -0.15) is 0 Å². The first kappa shape index (κ1) is 33.8. The number of aliphatic hydroxyl groups excluding tert-OH is 7. The maximum absolute atomic E-state index is 14.3.